The number of rotatable bonds is 9. The normalized spacial score (nSPS) is 17.6. The summed E-state index contributed by atoms with van der Waals surface area (Å²) >= 11 is 9.22. The lowest BCUT2D eigenvalue weighted by atomic mass is 9.94. The summed E-state index contributed by atoms with van der Waals surface area (Å²) in [5.41, 5.74) is 3.69. The number of amidine groups is 1. The molecule has 6 nitrogen and oxygen atoms in total. The number of aliphatic imine (C=N–C) groups is 1. The number of aromatic nitrogens is 1. The minimum absolute atomic E-state index is 0.00695. The molecule has 0 bridgehead atoms. The van der Waals surface area contributed by atoms with Crippen LogP contribution in [-0.2, 0) is 11.4 Å². The molecule has 1 saturated heterocycles. The van der Waals surface area contributed by atoms with Crippen LogP contribution in [0.25, 0.3) is 17.3 Å². The second-order valence-corrected chi connectivity index (χ2v) is 12.6. The van der Waals surface area contributed by atoms with Crippen molar-refractivity contribution in [3.8, 4) is 22.8 Å². The number of amides is 1. The van der Waals surface area contributed by atoms with E-state index in [1.165, 1.54) is 29.5 Å². The minimum Gasteiger partial charge on any atom is -0.490 e. The number of ether oxygens (including phenoxy) is 2. The molecule has 1 aromatic heterocycles. The van der Waals surface area contributed by atoms with E-state index in [1.807, 2.05) is 96.1 Å². The van der Waals surface area contributed by atoms with Crippen LogP contribution in [0.15, 0.2) is 88.1 Å². The van der Waals surface area contributed by atoms with Gasteiger partial charge in [0.1, 0.15) is 6.61 Å². The Balaban J connectivity index is 1.27. The maximum Gasteiger partial charge on any atom is 0.267 e. The molecule has 0 spiro atoms. The Morgan fingerprint density at radius 1 is 1.00 bits per heavy atom. The van der Waals surface area contributed by atoms with Gasteiger partial charge in [0.05, 0.1) is 17.2 Å². The molecule has 1 aliphatic heterocycles. The summed E-state index contributed by atoms with van der Waals surface area (Å²) in [5, 5.41) is 4.02. The van der Waals surface area contributed by atoms with Crippen LogP contribution in [0.4, 0.5) is 5.13 Å². The zero-order valence-electron chi connectivity index (χ0n) is 23.9. The predicted molar refractivity (Wildman–Crippen MR) is 177 cm³/mol. The fraction of sp³-hybridized carbons (Fsp3) is 0.265. The van der Waals surface area contributed by atoms with E-state index >= 15 is 0 Å². The third kappa shape index (κ3) is 6.98. The Hall–Kier alpha value is -3.59. The molecule has 1 aliphatic carbocycles. The number of benzene rings is 3. The molecule has 9 heteroatoms. The Labute approximate surface area is 265 Å². The molecule has 0 radical (unpaired) electrons. The molecule has 1 saturated carbocycles. The van der Waals surface area contributed by atoms with Crippen LogP contribution in [0.2, 0.25) is 5.02 Å². The van der Waals surface area contributed by atoms with E-state index in [-0.39, 0.29) is 11.9 Å². The SMILES string of the molecule is CCOc1cc(/C=C2\S/C(=N/c3nc(-c4ccccc4)cs3)N(C3CCCCC3)C2=O)ccc1OCc1ccccc1Cl. The van der Waals surface area contributed by atoms with E-state index in [0.29, 0.717) is 44.9 Å². The van der Waals surface area contributed by atoms with Gasteiger partial charge in [-0.1, -0.05) is 85.5 Å². The summed E-state index contributed by atoms with van der Waals surface area (Å²) < 4.78 is 12.0. The highest BCUT2D eigenvalue weighted by Gasteiger charge is 2.39. The Kier molecular flexibility index (Phi) is 9.46. The molecular formula is C34H32ClN3O3S2. The van der Waals surface area contributed by atoms with Crippen LogP contribution in [-0.4, -0.2) is 33.6 Å². The number of halogens is 1. The van der Waals surface area contributed by atoms with Crippen LogP contribution in [0.5, 0.6) is 11.5 Å². The van der Waals surface area contributed by atoms with Crippen LogP contribution < -0.4 is 9.47 Å². The molecule has 220 valence electrons. The molecule has 1 amide bonds. The highest BCUT2D eigenvalue weighted by atomic mass is 35.5. The summed E-state index contributed by atoms with van der Waals surface area (Å²) in [6, 6.07) is 23.6. The van der Waals surface area contributed by atoms with E-state index in [2.05, 4.69) is 0 Å². The number of nitrogens with zero attached hydrogens (tertiary/aromatic N) is 3. The molecular weight excluding hydrogens is 598 g/mol. The van der Waals surface area contributed by atoms with E-state index < -0.39 is 0 Å². The standard InChI is InChI=1S/C34H32ClN3O3S2/c1-2-40-30-19-23(17-18-29(30)41-21-25-13-9-10-16-27(25)35)20-31-32(39)38(26-14-7-4-8-15-26)34(43-31)37-33-36-28(22-42-33)24-11-5-3-6-12-24/h3,5-6,9-13,16-20,22,26H,2,4,7-8,14-15,21H2,1H3/b31-20-,37-34+. The molecule has 0 N–H and O–H groups in total. The molecule has 4 aromatic rings. The average Bonchev–Trinajstić information content (AvgIpc) is 3.62. The number of hydrogen-bond donors (Lipinski definition) is 0. The predicted octanol–water partition coefficient (Wildman–Crippen LogP) is 9.38. The molecule has 6 rings (SSSR count). The minimum atomic E-state index is -0.00695. The van der Waals surface area contributed by atoms with Crippen LogP contribution in [0.1, 0.15) is 50.2 Å². The molecule has 2 aliphatic rings. The van der Waals surface area contributed by atoms with Gasteiger partial charge in [-0.2, -0.15) is 4.99 Å². The lowest BCUT2D eigenvalue weighted by Crippen LogP contribution is -2.40. The quantitative estimate of drug-likeness (QED) is 0.173. The molecule has 0 atom stereocenters. The fourth-order valence-electron chi connectivity index (χ4n) is 5.29. The van der Waals surface area contributed by atoms with Crippen molar-refractivity contribution < 1.29 is 14.3 Å². The van der Waals surface area contributed by atoms with Gasteiger partial charge >= 0.3 is 0 Å². The molecule has 3 aromatic carbocycles. The number of hydrogen-bond acceptors (Lipinski definition) is 7. The molecule has 43 heavy (non-hydrogen) atoms. The van der Waals surface area contributed by atoms with Gasteiger partial charge < -0.3 is 9.47 Å². The van der Waals surface area contributed by atoms with E-state index in [1.54, 1.807) is 0 Å². The highest BCUT2D eigenvalue weighted by Crippen LogP contribution is 2.40. The van der Waals surface area contributed by atoms with E-state index in [0.717, 1.165) is 48.1 Å². The Morgan fingerprint density at radius 2 is 1.79 bits per heavy atom. The lowest BCUT2D eigenvalue weighted by molar-refractivity contribution is -0.124. The van der Waals surface area contributed by atoms with Crippen molar-refractivity contribution in [2.24, 2.45) is 4.99 Å². The van der Waals surface area contributed by atoms with Crippen molar-refractivity contribution in [2.45, 2.75) is 51.7 Å². The first-order chi connectivity index (χ1) is 21.1. The number of carbonyl (C=O) groups is 1. The van der Waals surface area contributed by atoms with Crippen molar-refractivity contribution in [2.75, 3.05) is 6.61 Å². The fourth-order valence-corrected chi connectivity index (χ4v) is 7.27. The van der Waals surface area contributed by atoms with Crippen molar-refractivity contribution in [3.63, 3.8) is 0 Å². The summed E-state index contributed by atoms with van der Waals surface area (Å²) in [6.07, 6.45) is 7.33. The van der Waals surface area contributed by atoms with E-state index in [4.69, 9.17) is 31.1 Å². The van der Waals surface area contributed by atoms with Gasteiger partial charge in [-0.3, -0.25) is 9.69 Å². The van der Waals surface area contributed by atoms with Gasteiger partial charge in [0, 0.05) is 27.6 Å². The average molecular weight is 630 g/mol. The molecule has 2 fully saturated rings. The second kappa shape index (κ2) is 13.8. The largest absolute Gasteiger partial charge is 0.490 e. The number of carbonyl (C=O) groups excluding carboxylic acids is 1. The van der Waals surface area contributed by atoms with Crippen LogP contribution in [0, 0.1) is 0 Å². The second-order valence-electron chi connectivity index (χ2n) is 10.4. The third-order valence-electron chi connectivity index (χ3n) is 7.44. The van der Waals surface area contributed by atoms with E-state index in [9.17, 15) is 4.79 Å². The molecule has 0 unspecified atom stereocenters. The zero-order valence-corrected chi connectivity index (χ0v) is 26.3. The van der Waals surface area contributed by atoms with Crippen molar-refractivity contribution in [3.05, 3.63) is 99.2 Å². The van der Waals surface area contributed by atoms with Gasteiger partial charge in [-0.25, -0.2) is 4.98 Å². The number of thiazole rings is 1. The van der Waals surface area contributed by atoms with Crippen molar-refractivity contribution in [1.29, 1.82) is 0 Å². The summed E-state index contributed by atoms with van der Waals surface area (Å²) in [6.45, 7) is 2.75. The number of thioether (sulfide) groups is 1. The van der Waals surface area contributed by atoms with Gasteiger partial charge in [0.25, 0.3) is 5.91 Å². The van der Waals surface area contributed by atoms with Gasteiger partial charge in [0.2, 0.25) is 5.13 Å². The van der Waals surface area contributed by atoms with Crippen LogP contribution in [0.3, 0.4) is 0 Å². The monoisotopic (exact) mass is 629 g/mol. The topological polar surface area (TPSA) is 64.0 Å². The van der Waals surface area contributed by atoms with Crippen LogP contribution >= 0.6 is 34.7 Å². The molecule has 2 heterocycles. The summed E-state index contributed by atoms with van der Waals surface area (Å²) in [5.74, 6) is 1.24. The first-order valence-corrected chi connectivity index (χ1v) is 16.6. The van der Waals surface area contributed by atoms with Gasteiger partial charge in [-0.15, -0.1) is 11.3 Å². The van der Waals surface area contributed by atoms with Crippen molar-refractivity contribution in [1.82, 2.24) is 9.88 Å². The first kappa shape index (κ1) is 29.5. The maximum absolute atomic E-state index is 13.9. The lowest BCUT2D eigenvalue weighted by Gasteiger charge is -2.30. The smallest absolute Gasteiger partial charge is 0.267 e. The summed E-state index contributed by atoms with van der Waals surface area (Å²) in [4.78, 5) is 26.1. The zero-order chi connectivity index (χ0) is 29.6. The summed E-state index contributed by atoms with van der Waals surface area (Å²) in [7, 11) is 0. The van der Waals surface area contributed by atoms with Gasteiger partial charge in [-0.05, 0) is 61.4 Å². The Bertz CT molecular complexity index is 1650. The Morgan fingerprint density at radius 3 is 2.58 bits per heavy atom. The maximum atomic E-state index is 13.9. The first-order valence-electron chi connectivity index (χ1n) is 14.5. The highest BCUT2D eigenvalue weighted by molar-refractivity contribution is 8.18. The van der Waals surface area contributed by atoms with Crippen molar-refractivity contribution >= 4 is 57.0 Å². The van der Waals surface area contributed by atoms with Gasteiger partial charge in [0.15, 0.2) is 16.7 Å². The third-order valence-corrected chi connectivity index (χ3v) is 9.52.